The number of nitrogens with one attached hydrogen (secondary N) is 2. The van der Waals surface area contributed by atoms with Crippen LogP contribution in [0.3, 0.4) is 0 Å². The molecule has 1 aromatic heterocycles. The lowest BCUT2D eigenvalue weighted by molar-refractivity contribution is -0.385. The Labute approximate surface area is 115 Å². The first-order valence-corrected chi connectivity index (χ1v) is 6.10. The molecule has 7 nitrogen and oxygen atoms in total. The fraction of sp³-hybridized carbons (Fsp3) is 0.231. The number of H-pyrrole nitrogens is 1. The van der Waals surface area contributed by atoms with E-state index in [1.807, 2.05) is 0 Å². The quantitative estimate of drug-likeness (QED) is 0.638. The molecule has 1 heterocycles. The van der Waals surface area contributed by atoms with Crippen LogP contribution in [-0.2, 0) is 6.42 Å². The number of rotatable bonds is 5. The molecule has 0 atom stereocenters. The summed E-state index contributed by atoms with van der Waals surface area (Å²) in [5, 5.41) is 13.6. The molecule has 0 bridgehead atoms. The minimum atomic E-state index is -0.547. The number of nitrogens with zero attached hydrogens (tertiary/aromatic N) is 2. The Morgan fingerprint density at radius 1 is 1.50 bits per heavy atom. The van der Waals surface area contributed by atoms with E-state index in [9.17, 15) is 14.9 Å². The topological polar surface area (TPSA) is 101 Å². The van der Waals surface area contributed by atoms with E-state index < -0.39 is 10.8 Å². The normalized spacial score (nSPS) is 10.2. The van der Waals surface area contributed by atoms with Gasteiger partial charge in [0.15, 0.2) is 0 Å². The van der Waals surface area contributed by atoms with Gasteiger partial charge in [-0.05, 0) is 12.5 Å². The second-order valence-electron chi connectivity index (χ2n) is 4.27. The van der Waals surface area contributed by atoms with Gasteiger partial charge in [0.2, 0.25) is 0 Å². The Kier molecular flexibility index (Phi) is 4.09. The third-order valence-corrected chi connectivity index (χ3v) is 2.88. The minimum Gasteiger partial charge on any atom is -0.351 e. The highest BCUT2D eigenvalue weighted by molar-refractivity contribution is 5.99. The van der Waals surface area contributed by atoms with Crippen molar-refractivity contribution in [3.63, 3.8) is 0 Å². The van der Waals surface area contributed by atoms with Gasteiger partial charge in [-0.3, -0.25) is 14.9 Å². The first-order chi connectivity index (χ1) is 9.59. The van der Waals surface area contributed by atoms with Crippen LogP contribution in [0.5, 0.6) is 0 Å². The van der Waals surface area contributed by atoms with Crippen LogP contribution in [-0.4, -0.2) is 27.3 Å². The molecule has 0 fully saturated rings. The zero-order valence-corrected chi connectivity index (χ0v) is 10.9. The third-order valence-electron chi connectivity index (χ3n) is 2.88. The molecule has 0 saturated heterocycles. The van der Waals surface area contributed by atoms with Gasteiger partial charge in [0.25, 0.3) is 11.6 Å². The number of hydrogen-bond acceptors (Lipinski definition) is 4. The second-order valence-corrected chi connectivity index (χ2v) is 4.27. The summed E-state index contributed by atoms with van der Waals surface area (Å²) in [7, 11) is 0. The summed E-state index contributed by atoms with van der Waals surface area (Å²) in [4.78, 5) is 29.4. The molecule has 0 radical (unpaired) electrons. The second kappa shape index (κ2) is 5.96. The van der Waals surface area contributed by atoms with Crippen LogP contribution in [0, 0.1) is 17.0 Å². The average molecular weight is 274 g/mol. The maximum atomic E-state index is 12.1. The fourth-order valence-corrected chi connectivity index (χ4v) is 1.92. The summed E-state index contributed by atoms with van der Waals surface area (Å²) in [5.41, 5.74) is 0.507. The van der Waals surface area contributed by atoms with Crippen molar-refractivity contribution < 1.29 is 9.72 Å². The zero-order chi connectivity index (χ0) is 14.5. The summed E-state index contributed by atoms with van der Waals surface area (Å²) in [5.74, 6) is 0.311. The largest absolute Gasteiger partial charge is 0.351 e. The molecule has 1 aromatic carbocycles. The lowest BCUT2D eigenvalue weighted by Crippen LogP contribution is -2.27. The number of amides is 1. The van der Waals surface area contributed by atoms with Gasteiger partial charge in [-0.1, -0.05) is 12.1 Å². The summed E-state index contributed by atoms with van der Waals surface area (Å²) in [6, 6.07) is 4.57. The molecule has 2 N–H and O–H groups in total. The maximum Gasteiger partial charge on any atom is 0.282 e. The Hall–Kier alpha value is -2.70. The van der Waals surface area contributed by atoms with Crippen molar-refractivity contribution in [2.75, 3.05) is 6.54 Å². The molecule has 104 valence electrons. The van der Waals surface area contributed by atoms with Crippen molar-refractivity contribution in [3.8, 4) is 0 Å². The van der Waals surface area contributed by atoms with Crippen LogP contribution in [0.25, 0.3) is 0 Å². The number of aromatic nitrogens is 2. The zero-order valence-electron chi connectivity index (χ0n) is 10.9. The first kappa shape index (κ1) is 13.7. The van der Waals surface area contributed by atoms with Crippen molar-refractivity contribution in [2.24, 2.45) is 0 Å². The van der Waals surface area contributed by atoms with Crippen LogP contribution >= 0.6 is 0 Å². The van der Waals surface area contributed by atoms with E-state index in [4.69, 9.17) is 0 Å². The number of nitro groups is 1. The van der Waals surface area contributed by atoms with Gasteiger partial charge in [-0.15, -0.1) is 0 Å². The lowest BCUT2D eigenvalue weighted by Gasteiger charge is -2.07. The van der Waals surface area contributed by atoms with Crippen LogP contribution in [0.1, 0.15) is 21.7 Å². The summed E-state index contributed by atoms with van der Waals surface area (Å²) >= 11 is 0. The number of carbonyl (C=O) groups excluding carboxylic acids is 1. The van der Waals surface area contributed by atoms with E-state index in [1.54, 1.807) is 31.5 Å². The predicted octanol–water partition coefficient (Wildman–Crippen LogP) is 1.60. The standard InChI is InChI=1S/C13H14N4O3/c1-9-3-2-4-10(17(19)20)12(9)13(18)16-6-5-11-14-7-8-15-11/h2-4,7-8H,5-6H2,1H3,(H,14,15)(H,16,18). The Morgan fingerprint density at radius 3 is 2.95 bits per heavy atom. The summed E-state index contributed by atoms with van der Waals surface area (Å²) < 4.78 is 0. The number of benzene rings is 1. The number of carbonyl (C=O) groups is 1. The molecule has 0 saturated carbocycles. The van der Waals surface area contributed by atoms with Gasteiger partial charge in [-0.2, -0.15) is 0 Å². The highest BCUT2D eigenvalue weighted by atomic mass is 16.6. The number of imidazole rings is 1. The van der Waals surface area contributed by atoms with E-state index in [0.29, 0.717) is 18.5 Å². The summed E-state index contributed by atoms with van der Waals surface area (Å²) in [6.45, 7) is 2.03. The number of aryl methyl sites for hydroxylation is 1. The van der Waals surface area contributed by atoms with Crippen LogP contribution in [0.4, 0.5) is 5.69 Å². The van der Waals surface area contributed by atoms with Crippen LogP contribution in [0.2, 0.25) is 0 Å². The monoisotopic (exact) mass is 274 g/mol. The van der Waals surface area contributed by atoms with Crippen LogP contribution < -0.4 is 5.32 Å². The SMILES string of the molecule is Cc1cccc([N+](=O)[O-])c1C(=O)NCCc1ncc[nH]1. The van der Waals surface area contributed by atoms with Crippen molar-refractivity contribution in [3.05, 3.63) is 57.7 Å². The molecular formula is C13H14N4O3. The number of aromatic amines is 1. The first-order valence-electron chi connectivity index (χ1n) is 6.10. The molecule has 0 aliphatic carbocycles. The molecule has 0 spiro atoms. The van der Waals surface area contributed by atoms with E-state index in [0.717, 1.165) is 5.82 Å². The summed E-state index contributed by atoms with van der Waals surface area (Å²) in [6.07, 6.45) is 3.87. The molecule has 0 aliphatic heterocycles. The fourth-order valence-electron chi connectivity index (χ4n) is 1.92. The van der Waals surface area contributed by atoms with Gasteiger partial charge in [0.1, 0.15) is 11.4 Å². The Bertz CT molecular complexity index is 623. The molecule has 20 heavy (non-hydrogen) atoms. The molecule has 0 unspecified atom stereocenters. The van der Waals surface area contributed by atoms with Gasteiger partial charge in [0.05, 0.1) is 4.92 Å². The Balaban J connectivity index is 2.07. The number of hydrogen-bond donors (Lipinski definition) is 2. The number of nitro benzene ring substituents is 1. The van der Waals surface area contributed by atoms with E-state index in [2.05, 4.69) is 15.3 Å². The molecule has 2 aromatic rings. The van der Waals surface area contributed by atoms with E-state index in [-0.39, 0.29) is 11.3 Å². The third kappa shape index (κ3) is 3.00. The van der Waals surface area contributed by atoms with Crippen molar-refractivity contribution in [1.82, 2.24) is 15.3 Å². The van der Waals surface area contributed by atoms with Gasteiger partial charge in [0, 0.05) is 31.4 Å². The average Bonchev–Trinajstić information content (AvgIpc) is 2.91. The molecule has 7 heteroatoms. The predicted molar refractivity (Wildman–Crippen MR) is 72.5 cm³/mol. The maximum absolute atomic E-state index is 12.1. The smallest absolute Gasteiger partial charge is 0.282 e. The van der Waals surface area contributed by atoms with Crippen molar-refractivity contribution in [1.29, 1.82) is 0 Å². The van der Waals surface area contributed by atoms with Crippen LogP contribution in [0.15, 0.2) is 30.6 Å². The molecule has 2 rings (SSSR count). The Morgan fingerprint density at radius 2 is 2.30 bits per heavy atom. The van der Waals surface area contributed by atoms with E-state index >= 15 is 0 Å². The molecular weight excluding hydrogens is 260 g/mol. The molecule has 1 amide bonds. The van der Waals surface area contributed by atoms with Crippen molar-refractivity contribution >= 4 is 11.6 Å². The minimum absolute atomic E-state index is 0.108. The van der Waals surface area contributed by atoms with E-state index in [1.165, 1.54) is 6.07 Å². The molecule has 0 aliphatic rings. The lowest BCUT2D eigenvalue weighted by atomic mass is 10.1. The highest BCUT2D eigenvalue weighted by Gasteiger charge is 2.21. The van der Waals surface area contributed by atoms with Gasteiger partial charge >= 0.3 is 0 Å². The highest BCUT2D eigenvalue weighted by Crippen LogP contribution is 2.21. The van der Waals surface area contributed by atoms with Crippen molar-refractivity contribution in [2.45, 2.75) is 13.3 Å². The van der Waals surface area contributed by atoms with Gasteiger partial charge < -0.3 is 10.3 Å². The van der Waals surface area contributed by atoms with Gasteiger partial charge in [-0.25, -0.2) is 4.98 Å².